The van der Waals surface area contributed by atoms with Crippen LogP contribution in [-0.2, 0) is 9.47 Å². The van der Waals surface area contributed by atoms with Gasteiger partial charge in [-0.25, -0.2) is 18.0 Å². The molecule has 0 radical (unpaired) electrons. The number of alkyl carbamates (subject to hydrolysis) is 1. The van der Waals surface area contributed by atoms with Crippen LogP contribution in [0.1, 0.15) is 31.2 Å². The average molecular weight is 432 g/mol. The monoisotopic (exact) mass is 432 g/mol. The number of methoxy groups -OCH3 is 1. The lowest BCUT2D eigenvalue weighted by Crippen LogP contribution is -2.40. The summed E-state index contributed by atoms with van der Waals surface area (Å²) in [4.78, 5) is 15.1. The minimum Gasteiger partial charge on any atom is -0.446 e. The number of carbonyl (C=O) groups excluding carboxylic acids is 1. The molecule has 164 valence electrons. The van der Waals surface area contributed by atoms with E-state index < -0.39 is 17.7 Å². The summed E-state index contributed by atoms with van der Waals surface area (Å²) in [6.45, 7) is 2.17. The molecule has 0 saturated heterocycles. The lowest BCUT2D eigenvalue weighted by Gasteiger charge is -2.35. The second-order valence-corrected chi connectivity index (χ2v) is 7.93. The first-order valence-corrected chi connectivity index (χ1v) is 10.1. The highest BCUT2D eigenvalue weighted by atomic mass is 19.1. The van der Waals surface area contributed by atoms with Crippen molar-refractivity contribution in [1.29, 1.82) is 0 Å². The maximum atomic E-state index is 14.4. The molecule has 0 aliphatic heterocycles. The van der Waals surface area contributed by atoms with Crippen molar-refractivity contribution in [2.24, 2.45) is 0 Å². The van der Waals surface area contributed by atoms with E-state index in [0.717, 1.165) is 11.6 Å². The van der Waals surface area contributed by atoms with Gasteiger partial charge in [0.05, 0.1) is 23.9 Å². The molecule has 2 aromatic carbocycles. The summed E-state index contributed by atoms with van der Waals surface area (Å²) < 4.78 is 52.2. The normalized spacial score (nSPS) is 19.1. The van der Waals surface area contributed by atoms with Gasteiger partial charge in [0, 0.05) is 18.6 Å². The van der Waals surface area contributed by atoms with Gasteiger partial charge in [0.1, 0.15) is 23.6 Å². The minimum atomic E-state index is -0.691. The summed E-state index contributed by atoms with van der Waals surface area (Å²) in [5.74, 6) is -1.81. The van der Waals surface area contributed by atoms with Gasteiger partial charge in [0.25, 0.3) is 0 Å². The number of benzene rings is 2. The fourth-order valence-corrected chi connectivity index (χ4v) is 4.08. The van der Waals surface area contributed by atoms with Gasteiger partial charge in [0.2, 0.25) is 0 Å². The molecule has 0 bridgehead atoms. The largest absolute Gasteiger partial charge is 0.446 e. The first-order valence-electron chi connectivity index (χ1n) is 10.1. The number of fused-ring (bicyclic) bond motifs is 1. The van der Waals surface area contributed by atoms with Crippen LogP contribution in [0.4, 0.5) is 18.0 Å². The Morgan fingerprint density at radius 3 is 2.55 bits per heavy atom. The predicted octanol–water partition coefficient (Wildman–Crippen LogP) is 5.26. The smallest absolute Gasteiger partial charge is 0.407 e. The van der Waals surface area contributed by atoms with Crippen LogP contribution >= 0.6 is 0 Å². The van der Waals surface area contributed by atoms with Gasteiger partial charge in [-0.2, -0.15) is 0 Å². The van der Waals surface area contributed by atoms with Crippen molar-refractivity contribution in [2.75, 3.05) is 13.7 Å². The molecule has 1 saturated carbocycles. The molecule has 31 heavy (non-hydrogen) atoms. The summed E-state index contributed by atoms with van der Waals surface area (Å²) in [6, 6.07) is 7.77. The predicted molar refractivity (Wildman–Crippen MR) is 110 cm³/mol. The zero-order chi connectivity index (χ0) is 22.1. The fraction of sp³-hybridized carbons (Fsp3) is 0.348. The van der Waals surface area contributed by atoms with Crippen LogP contribution in [0, 0.1) is 17.5 Å². The Kier molecular flexibility index (Phi) is 5.91. The van der Waals surface area contributed by atoms with Crippen LogP contribution < -0.4 is 5.32 Å². The molecule has 5 nitrogen and oxygen atoms in total. The molecule has 0 spiro atoms. The van der Waals surface area contributed by atoms with Gasteiger partial charge in [0.15, 0.2) is 0 Å². The summed E-state index contributed by atoms with van der Waals surface area (Å²) in [5, 5.41) is 3.13. The maximum absolute atomic E-state index is 14.4. The van der Waals surface area contributed by atoms with E-state index in [2.05, 4.69) is 10.3 Å². The Morgan fingerprint density at radius 2 is 1.87 bits per heavy atom. The molecule has 1 aromatic heterocycles. The van der Waals surface area contributed by atoms with E-state index in [9.17, 15) is 18.0 Å². The van der Waals surface area contributed by atoms with E-state index >= 15 is 0 Å². The van der Waals surface area contributed by atoms with E-state index in [-0.39, 0.29) is 29.4 Å². The molecule has 8 heteroatoms. The molecule has 1 atom stereocenters. The van der Waals surface area contributed by atoms with Crippen molar-refractivity contribution in [1.82, 2.24) is 10.3 Å². The van der Waals surface area contributed by atoms with Crippen LogP contribution in [0.25, 0.3) is 22.2 Å². The number of amides is 1. The minimum absolute atomic E-state index is 0.0656. The maximum Gasteiger partial charge on any atom is 0.407 e. The van der Waals surface area contributed by atoms with E-state index in [4.69, 9.17) is 9.47 Å². The number of halogens is 3. The van der Waals surface area contributed by atoms with Gasteiger partial charge in [-0.1, -0.05) is 0 Å². The van der Waals surface area contributed by atoms with Gasteiger partial charge in [-0.3, -0.25) is 0 Å². The number of rotatable bonds is 6. The van der Waals surface area contributed by atoms with Crippen molar-refractivity contribution < 1.29 is 27.4 Å². The highest BCUT2D eigenvalue weighted by Crippen LogP contribution is 2.46. The topological polar surface area (TPSA) is 63.4 Å². The zero-order valence-corrected chi connectivity index (χ0v) is 17.2. The third kappa shape index (κ3) is 4.39. The molecule has 1 amide bonds. The standard InChI is InChI=1S/C23H23F3N2O3/c1-12(11-30-2)27-23(29)31-17-7-14(8-17)20-18-9-16(25)10-19(26)22(18)28-21(20)13-3-5-15(24)6-4-13/h3-6,9-10,12,14,17,28H,7-8,11H2,1-2H3,(H,27,29)/t12?,14-,17-. The van der Waals surface area contributed by atoms with Crippen LogP contribution in [0.2, 0.25) is 0 Å². The van der Waals surface area contributed by atoms with Gasteiger partial charge in [-0.05, 0) is 67.1 Å². The zero-order valence-electron chi connectivity index (χ0n) is 17.2. The number of aromatic amines is 1. The number of hydrogen-bond donors (Lipinski definition) is 2. The molecule has 1 heterocycles. The van der Waals surface area contributed by atoms with E-state index in [1.54, 1.807) is 26.2 Å². The SMILES string of the molecule is COCC(C)NC(=O)O[C@H]1C[C@H](c2c(-c3ccc(F)cc3)[nH]c3c(F)cc(F)cc32)C1. The molecule has 4 rings (SSSR count). The van der Waals surface area contributed by atoms with Crippen LogP contribution in [0.5, 0.6) is 0 Å². The average Bonchev–Trinajstić information content (AvgIpc) is 3.04. The van der Waals surface area contributed by atoms with Crippen LogP contribution in [0.15, 0.2) is 36.4 Å². The lowest BCUT2D eigenvalue weighted by atomic mass is 9.75. The van der Waals surface area contributed by atoms with Crippen molar-refractivity contribution in [3.8, 4) is 11.3 Å². The number of aromatic nitrogens is 1. The first-order chi connectivity index (χ1) is 14.9. The molecule has 2 N–H and O–H groups in total. The van der Waals surface area contributed by atoms with Crippen molar-refractivity contribution in [2.45, 2.75) is 37.8 Å². The van der Waals surface area contributed by atoms with Crippen molar-refractivity contribution >= 4 is 17.0 Å². The van der Waals surface area contributed by atoms with Gasteiger partial charge >= 0.3 is 6.09 Å². The number of nitrogens with one attached hydrogen (secondary N) is 2. The Hall–Kier alpha value is -3.00. The molecule has 1 aliphatic rings. The quantitative estimate of drug-likeness (QED) is 0.559. The molecular weight excluding hydrogens is 409 g/mol. The van der Waals surface area contributed by atoms with Gasteiger partial charge < -0.3 is 19.8 Å². The second-order valence-electron chi connectivity index (χ2n) is 7.93. The number of H-pyrrole nitrogens is 1. The second kappa shape index (κ2) is 8.63. The molecule has 1 unspecified atom stereocenters. The number of hydrogen-bond acceptors (Lipinski definition) is 3. The van der Waals surface area contributed by atoms with E-state index in [1.807, 2.05) is 0 Å². The third-order valence-corrected chi connectivity index (χ3v) is 5.56. The highest BCUT2D eigenvalue weighted by Gasteiger charge is 2.37. The van der Waals surface area contributed by atoms with Gasteiger partial charge in [-0.15, -0.1) is 0 Å². The Labute approximate surface area is 177 Å². The van der Waals surface area contributed by atoms with Crippen molar-refractivity contribution in [3.63, 3.8) is 0 Å². The summed E-state index contributed by atoms with van der Waals surface area (Å²) in [5.41, 5.74) is 2.23. The van der Waals surface area contributed by atoms with E-state index in [1.165, 1.54) is 18.2 Å². The summed E-state index contributed by atoms with van der Waals surface area (Å²) in [7, 11) is 1.55. The lowest BCUT2D eigenvalue weighted by molar-refractivity contribution is 0.0361. The fourth-order valence-electron chi connectivity index (χ4n) is 4.08. The van der Waals surface area contributed by atoms with Crippen LogP contribution in [-0.4, -0.2) is 36.9 Å². The Balaban J connectivity index is 1.58. The first kappa shape index (κ1) is 21.2. The third-order valence-electron chi connectivity index (χ3n) is 5.56. The van der Waals surface area contributed by atoms with E-state index in [0.29, 0.717) is 36.1 Å². The molecular formula is C23H23F3N2O3. The van der Waals surface area contributed by atoms with Crippen LogP contribution in [0.3, 0.4) is 0 Å². The molecule has 1 aliphatic carbocycles. The summed E-state index contributed by atoms with van der Waals surface area (Å²) >= 11 is 0. The number of carbonyl (C=O) groups is 1. The van der Waals surface area contributed by atoms with Crippen molar-refractivity contribution in [3.05, 3.63) is 59.4 Å². The number of ether oxygens (including phenoxy) is 2. The highest BCUT2D eigenvalue weighted by molar-refractivity contribution is 5.92. The Morgan fingerprint density at radius 1 is 1.16 bits per heavy atom. The molecule has 3 aromatic rings. The Bertz CT molecular complexity index is 1090. The summed E-state index contributed by atoms with van der Waals surface area (Å²) in [6.07, 6.45) is 0.212. The molecule has 1 fully saturated rings.